The van der Waals surface area contributed by atoms with Gasteiger partial charge in [0.2, 0.25) is 0 Å². The van der Waals surface area contributed by atoms with Crippen molar-refractivity contribution in [3.63, 3.8) is 0 Å². The van der Waals surface area contributed by atoms with Crippen LogP contribution < -0.4 is 10.5 Å². The van der Waals surface area contributed by atoms with Gasteiger partial charge >= 0.3 is 0 Å². The van der Waals surface area contributed by atoms with E-state index < -0.39 is 0 Å². The summed E-state index contributed by atoms with van der Waals surface area (Å²) in [6, 6.07) is 10.9. The van der Waals surface area contributed by atoms with Gasteiger partial charge in [0, 0.05) is 6.20 Å². The summed E-state index contributed by atoms with van der Waals surface area (Å²) < 4.78 is 5.10. The van der Waals surface area contributed by atoms with Crippen LogP contribution in [0.5, 0.6) is 5.75 Å². The Hall–Kier alpha value is -1.58. The average Bonchev–Trinajstić information content (AvgIpc) is 2.39. The molecule has 2 rings (SSSR count). The van der Waals surface area contributed by atoms with Gasteiger partial charge in [-0.25, -0.2) is 0 Å². The van der Waals surface area contributed by atoms with Gasteiger partial charge in [0.05, 0.1) is 23.9 Å². The molecule has 0 bridgehead atoms. The van der Waals surface area contributed by atoms with Crippen LogP contribution in [0.15, 0.2) is 42.6 Å². The molecular formula is C13H13ClN2O. The van der Waals surface area contributed by atoms with E-state index in [0.717, 1.165) is 11.3 Å². The topological polar surface area (TPSA) is 48.1 Å². The number of pyridine rings is 1. The summed E-state index contributed by atoms with van der Waals surface area (Å²) in [6.07, 6.45) is 1.72. The number of aromatic nitrogens is 1. The van der Waals surface area contributed by atoms with E-state index in [1.807, 2.05) is 24.3 Å². The largest absolute Gasteiger partial charge is 0.495 e. The molecular weight excluding hydrogens is 236 g/mol. The highest BCUT2D eigenvalue weighted by Crippen LogP contribution is 2.28. The summed E-state index contributed by atoms with van der Waals surface area (Å²) in [5, 5.41) is 0.552. The summed E-state index contributed by atoms with van der Waals surface area (Å²) in [7, 11) is 1.58. The number of nitrogens with two attached hydrogens (primary N) is 1. The van der Waals surface area contributed by atoms with Crippen LogP contribution in [0.4, 0.5) is 0 Å². The van der Waals surface area contributed by atoms with Crippen LogP contribution in [0.2, 0.25) is 5.02 Å². The SMILES string of the molecule is COc1ccc(C(N)c2ccccn2)cc1Cl. The highest BCUT2D eigenvalue weighted by molar-refractivity contribution is 6.32. The van der Waals surface area contributed by atoms with E-state index >= 15 is 0 Å². The molecule has 0 aliphatic heterocycles. The van der Waals surface area contributed by atoms with Gasteiger partial charge in [-0.1, -0.05) is 23.7 Å². The van der Waals surface area contributed by atoms with Crippen LogP contribution in [0, 0.1) is 0 Å². The first-order valence-electron chi connectivity index (χ1n) is 5.22. The molecule has 17 heavy (non-hydrogen) atoms. The Morgan fingerprint density at radius 1 is 1.29 bits per heavy atom. The predicted octanol–water partition coefficient (Wildman–Crippen LogP) is 2.79. The van der Waals surface area contributed by atoms with Crippen molar-refractivity contribution >= 4 is 11.6 Å². The molecule has 1 aromatic heterocycles. The normalized spacial score (nSPS) is 12.2. The first-order valence-corrected chi connectivity index (χ1v) is 5.60. The van der Waals surface area contributed by atoms with E-state index in [2.05, 4.69) is 4.98 Å². The molecule has 0 aliphatic rings. The third-order valence-corrected chi connectivity index (χ3v) is 2.84. The molecule has 1 atom stereocenters. The van der Waals surface area contributed by atoms with Gasteiger partial charge in [0.1, 0.15) is 5.75 Å². The van der Waals surface area contributed by atoms with Gasteiger partial charge < -0.3 is 10.5 Å². The van der Waals surface area contributed by atoms with E-state index in [-0.39, 0.29) is 6.04 Å². The lowest BCUT2D eigenvalue weighted by Crippen LogP contribution is -2.13. The highest BCUT2D eigenvalue weighted by Gasteiger charge is 2.11. The minimum atomic E-state index is -0.278. The number of rotatable bonds is 3. The van der Waals surface area contributed by atoms with E-state index in [1.165, 1.54) is 0 Å². The Kier molecular flexibility index (Phi) is 3.61. The number of ether oxygens (including phenoxy) is 1. The molecule has 0 saturated heterocycles. The van der Waals surface area contributed by atoms with Crippen LogP contribution in [-0.4, -0.2) is 12.1 Å². The zero-order valence-corrected chi connectivity index (χ0v) is 10.2. The van der Waals surface area contributed by atoms with E-state index in [9.17, 15) is 0 Å². The average molecular weight is 249 g/mol. The number of hydrogen-bond donors (Lipinski definition) is 1. The minimum Gasteiger partial charge on any atom is -0.495 e. The van der Waals surface area contributed by atoms with Gasteiger partial charge in [0.15, 0.2) is 0 Å². The second kappa shape index (κ2) is 5.17. The maximum atomic E-state index is 6.11. The van der Waals surface area contributed by atoms with Crippen LogP contribution in [0.25, 0.3) is 0 Å². The molecule has 3 nitrogen and oxygen atoms in total. The summed E-state index contributed by atoms with van der Waals surface area (Å²) in [4.78, 5) is 4.23. The van der Waals surface area contributed by atoms with Gasteiger partial charge in [0.25, 0.3) is 0 Å². The summed E-state index contributed by atoms with van der Waals surface area (Å²) in [6.45, 7) is 0. The van der Waals surface area contributed by atoms with Gasteiger partial charge in [-0.05, 0) is 29.8 Å². The summed E-state index contributed by atoms with van der Waals surface area (Å²) in [5.74, 6) is 0.642. The molecule has 0 spiro atoms. The Bertz CT molecular complexity index is 502. The molecule has 1 unspecified atom stereocenters. The quantitative estimate of drug-likeness (QED) is 0.909. The van der Waals surface area contributed by atoms with Crippen molar-refractivity contribution in [3.05, 3.63) is 58.9 Å². The van der Waals surface area contributed by atoms with Gasteiger partial charge in [-0.15, -0.1) is 0 Å². The second-order valence-corrected chi connectivity index (χ2v) is 4.03. The Labute approximate surface area is 105 Å². The molecule has 88 valence electrons. The number of methoxy groups -OCH3 is 1. The molecule has 0 amide bonds. The number of halogens is 1. The molecule has 1 aromatic carbocycles. The maximum Gasteiger partial charge on any atom is 0.137 e. The Balaban J connectivity index is 2.32. The Morgan fingerprint density at radius 3 is 2.71 bits per heavy atom. The highest BCUT2D eigenvalue weighted by atomic mass is 35.5. The van der Waals surface area contributed by atoms with Crippen molar-refractivity contribution in [3.8, 4) is 5.75 Å². The van der Waals surface area contributed by atoms with Crippen molar-refractivity contribution in [1.82, 2.24) is 4.98 Å². The summed E-state index contributed by atoms with van der Waals surface area (Å²) in [5.41, 5.74) is 7.84. The lowest BCUT2D eigenvalue weighted by Gasteiger charge is -2.12. The zero-order chi connectivity index (χ0) is 12.3. The third-order valence-electron chi connectivity index (χ3n) is 2.54. The lowest BCUT2D eigenvalue weighted by molar-refractivity contribution is 0.415. The molecule has 0 radical (unpaired) electrons. The predicted molar refractivity (Wildman–Crippen MR) is 68.3 cm³/mol. The van der Waals surface area contributed by atoms with E-state index in [4.69, 9.17) is 22.1 Å². The standard InChI is InChI=1S/C13H13ClN2O/c1-17-12-6-5-9(8-10(12)14)13(15)11-4-2-3-7-16-11/h2-8,13H,15H2,1H3. The fraction of sp³-hybridized carbons (Fsp3) is 0.154. The number of nitrogens with zero attached hydrogens (tertiary/aromatic N) is 1. The van der Waals surface area contributed by atoms with Crippen LogP contribution in [0.3, 0.4) is 0 Å². The fourth-order valence-electron chi connectivity index (χ4n) is 1.61. The molecule has 2 aromatic rings. The monoisotopic (exact) mass is 248 g/mol. The van der Waals surface area contributed by atoms with E-state index in [0.29, 0.717) is 10.8 Å². The lowest BCUT2D eigenvalue weighted by atomic mass is 10.0. The third kappa shape index (κ3) is 2.57. The summed E-state index contributed by atoms with van der Waals surface area (Å²) >= 11 is 6.06. The molecule has 4 heteroatoms. The van der Waals surface area contributed by atoms with Crippen molar-refractivity contribution in [2.75, 3.05) is 7.11 Å². The second-order valence-electron chi connectivity index (χ2n) is 3.63. The molecule has 1 heterocycles. The van der Waals surface area contributed by atoms with Gasteiger partial charge in [-0.3, -0.25) is 4.98 Å². The van der Waals surface area contributed by atoms with Crippen molar-refractivity contribution < 1.29 is 4.74 Å². The first kappa shape index (κ1) is 11.9. The maximum absolute atomic E-state index is 6.11. The molecule has 0 fully saturated rings. The van der Waals surface area contributed by atoms with Crippen LogP contribution in [-0.2, 0) is 0 Å². The van der Waals surface area contributed by atoms with Crippen LogP contribution in [0.1, 0.15) is 17.3 Å². The Morgan fingerprint density at radius 2 is 2.12 bits per heavy atom. The molecule has 0 aliphatic carbocycles. The van der Waals surface area contributed by atoms with Crippen molar-refractivity contribution in [2.24, 2.45) is 5.73 Å². The first-order chi connectivity index (χ1) is 8.22. The van der Waals surface area contributed by atoms with Crippen LogP contribution >= 0.6 is 11.6 Å². The van der Waals surface area contributed by atoms with Crippen molar-refractivity contribution in [1.29, 1.82) is 0 Å². The smallest absolute Gasteiger partial charge is 0.137 e. The molecule has 0 saturated carbocycles. The number of hydrogen-bond acceptors (Lipinski definition) is 3. The van der Waals surface area contributed by atoms with Gasteiger partial charge in [-0.2, -0.15) is 0 Å². The van der Waals surface area contributed by atoms with E-state index in [1.54, 1.807) is 25.4 Å². The van der Waals surface area contributed by atoms with Crippen molar-refractivity contribution in [2.45, 2.75) is 6.04 Å². The zero-order valence-electron chi connectivity index (χ0n) is 9.43. The minimum absolute atomic E-state index is 0.278. The fourth-order valence-corrected chi connectivity index (χ4v) is 1.87. The number of benzene rings is 1. The molecule has 2 N–H and O–H groups in total.